The highest BCUT2D eigenvalue weighted by Crippen LogP contribution is 2.29. The third kappa shape index (κ3) is 5.39. The zero-order valence-electron chi connectivity index (χ0n) is 17.3. The fourth-order valence-corrected chi connectivity index (χ4v) is 3.93. The number of halogens is 1. The van der Waals surface area contributed by atoms with Gasteiger partial charge in [0.25, 0.3) is 5.91 Å². The second kappa shape index (κ2) is 9.45. The number of aryl methyl sites for hydroxylation is 1. The highest BCUT2D eigenvalue weighted by molar-refractivity contribution is 6.30. The van der Waals surface area contributed by atoms with Crippen LogP contribution in [0.25, 0.3) is 0 Å². The Morgan fingerprint density at radius 1 is 1.00 bits per heavy atom. The summed E-state index contributed by atoms with van der Waals surface area (Å²) >= 11 is 5.99. The van der Waals surface area contributed by atoms with E-state index in [1.54, 1.807) is 12.1 Å². The maximum Gasteiger partial charge on any atom is 0.251 e. The van der Waals surface area contributed by atoms with Crippen molar-refractivity contribution >= 4 is 23.4 Å². The van der Waals surface area contributed by atoms with Gasteiger partial charge in [-0.25, -0.2) is 0 Å². The molecule has 1 heterocycles. The molecule has 3 rings (SSSR count). The molecular formula is C24H29ClN2O2. The predicted octanol–water partition coefficient (Wildman–Crippen LogP) is 4.81. The Morgan fingerprint density at radius 3 is 2.14 bits per heavy atom. The van der Waals surface area contributed by atoms with Gasteiger partial charge in [0.05, 0.1) is 0 Å². The first kappa shape index (κ1) is 21.4. The summed E-state index contributed by atoms with van der Waals surface area (Å²) in [6.45, 7) is 7.33. The molecule has 1 saturated heterocycles. The molecule has 4 nitrogen and oxygen atoms in total. The van der Waals surface area contributed by atoms with E-state index in [0.717, 1.165) is 23.4 Å². The minimum absolute atomic E-state index is 0.00928. The molecule has 0 aromatic heterocycles. The van der Waals surface area contributed by atoms with Crippen LogP contribution in [0.5, 0.6) is 0 Å². The molecular weight excluding hydrogens is 384 g/mol. The average molecular weight is 413 g/mol. The van der Waals surface area contributed by atoms with E-state index in [0.29, 0.717) is 24.6 Å². The summed E-state index contributed by atoms with van der Waals surface area (Å²) < 4.78 is 0. The zero-order chi connectivity index (χ0) is 21.0. The van der Waals surface area contributed by atoms with Crippen LogP contribution in [-0.2, 0) is 4.79 Å². The molecule has 2 amide bonds. The molecule has 29 heavy (non-hydrogen) atoms. The van der Waals surface area contributed by atoms with Gasteiger partial charge in [-0.05, 0) is 61.4 Å². The number of benzene rings is 2. The van der Waals surface area contributed by atoms with Crippen LogP contribution >= 0.6 is 11.6 Å². The number of piperidine rings is 1. The number of nitrogens with one attached hydrogen (secondary N) is 1. The second-order valence-electron chi connectivity index (χ2n) is 8.21. The number of hydrogen-bond acceptors (Lipinski definition) is 2. The van der Waals surface area contributed by atoms with Crippen molar-refractivity contribution in [1.29, 1.82) is 0 Å². The van der Waals surface area contributed by atoms with Gasteiger partial charge in [-0.15, -0.1) is 0 Å². The summed E-state index contributed by atoms with van der Waals surface area (Å²) in [5.41, 5.74) is 2.95. The molecule has 0 unspecified atom stereocenters. The van der Waals surface area contributed by atoms with E-state index in [1.807, 2.05) is 49.9 Å². The van der Waals surface area contributed by atoms with Crippen molar-refractivity contribution in [3.8, 4) is 0 Å². The third-order valence-electron chi connectivity index (χ3n) is 5.68. The highest BCUT2D eigenvalue weighted by Gasteiger charge is 2.31. The van der Waals surface area contributed by atoms with Crippen molar-refractivity contribution in [2.75, 3.05) is 13.1 Å². The van der Waals surface area contributed by atoms with Crippen LogP contribution in [0.2, 0.25) is 5.02 Å². The Balaban J connectivity index is 1.61. The Hall–Kier alpha value is -2.33. The van der Waals surface area contributed by atoms with E-state index in [4.69, 9.17) is 11.6 Å². The van der Waals surface area contributed by atoms with Gasteiger partial charge in [-0.2, -0.15) is 0 Å². The van der Waals surface area contributed by atoms with Crippen molar-refractivity contribution < 1.29 is 9.59 Å². The monoisotopic (exact) mass is 412 g/mol. The lowest BCUT2D eigenvalue weighted by Gasteiger charge is -2.35. The Kier molecular flexibility index (Phi) is 6.96. The molecule has 0 saturated carbocycles. The molecule has 1 N–H and O–H groups in total. The predicted molar refractivity (Wildman–Crippen MR) is 117 cm³/mol. The van der Waals surface area contributed by atoms with Crippen LogP contribution in [0, 0.1) is 12.8 Å². The first-order valence-electron chi connectivity index (χ1n) is 10.3. The molecule has 0 bridgehead atoms. The lowest BCUT2D eigenvalue weighted by Crippen LogP contribution is -2.52. The largest absolute Gasteiger partial charge is 0.341 e. The van der Waals surface area contributed by atoms with Gasteiger partial charge in [0.15, 0.2) is 0 Å². The van der Waals surface area contributed by atoms with Gasteiger partial charge in [0.2, 0.25) is 5.91 Å². The summed E-state index contributed by atoms with van der Waals surface area (Å²) in [4.78, 5) is 27.7. The number of nitrogens with zero attached hydrogens (tertiary/aromatic N) is 1. The standard InChI is InChI=1S/C24H29ClN2O2/c1-16(2)22(26-23(28)20-6-4-17(3)5-7-20)24(29)27-14-12-19(13-15-27)18-8-10-21(25)11-9-18/h4-11,16,19,22H,12-15H2,1-3H3,(H,26,28)/t22-/m1/s1. The molecule has 1 aliphatic heterocycles. The maximum atomic E-state index is 13.1. The van der Waals surface area contributed by atoms with Gasteiger partial charge in [-0.3, -0.25) is 9.59 Å². The van der Waals surface area contributed by atoms with Gasteiger partial charge in [0, 0.05) is 23.7 Å². The Bertz CT molecular complexity index is 838. The van der Waals surface area contributed by atoms with Crippen LogP contribution in [0.1, 0.15) is 54.1 Å². The van der Waals surface area contributed by atoms with E-state index >= 15 is 0 Å². The van der Waals surface area contributed by atoms with Crippen molar-refractivity contribution in [2.45, 2.75) is 45.6 Å². The highest BCUT2D eigenvalue weighted by atomic mass is 35.5. The molecule has 1 atom stereocenters. The molecule has 154 valence electrons. The van der Waals surface area contributed by atoms with Crippen LogP contribution in [0.15, 0.2) is 48.5 Å². The fraction of sp³-hybridized carbons (Fsp3) is 0.417. The van der Waals surface area contributed by atoms with Crippen molar-refractivity contribution in [3.05, 3.63) is 70.2 Å². The zero-order valence-corrected chi connectivity index (χ0v) is 18.1. The van der Waals surface area contributed by atoms with Crippen molar-refractivity contribution in [3.63, 3.8) is 0 Å². The SMILES string of the molecule is Cc1ccc(C(=O)N[C@@H](C(=O)N2CCC(c3ccc(Cl)cc3)CC2)C(C)C)cc1. The van der Waals surface area contributed by atoms with E-state index in [9.17, 15) is 9.59 Å². The lowest BCUT2D eigenvalue weighted by atomic mass is 9.89. The van der Waals surface area contributed by atoms with Crippen molar-refractivity contribution in [1.82, 2.24) is 10.2 Å². The number of rotatable bonds is 5. The van der Waals surface area contributed by atoms with Crippen LogP contribution in [0.4, 0.5) is 0 Å². The third-order valence-corrected chi connectivity index (χ3v) is 5.93. The summed E-state index contributed by atoms with van der Waals surface area (Å²) in [5, 5.41) is 3.69. The van der Waals surface area contributed by atoms with Crippen LogP contribution in [0.3, 0.4) is 0 Å². The quantitative estimate of drug-likeness (QED) is 0.766. The van der Waals surface area contributed by atoms with Gasteiger partial charge in [-0.1, -0.05) is 55.3 Å². The van der Waals surface area contributed by atoms with E-state index in [2.05, 4.69) is 17.4 Å². The molecule has 1 fully saturated rings. The minimum atomic E-state index is -0.518. The van der Waals surface area contributed by atoms with E-state index < -0.39 is 6.04 Å². The Morgan fingerprint density at radius 2 is 1.59 bits per heavy atom. The van der Waals surface area contributed by atoms with E-state index in [1.165, 1.54) is 5.56 Å². The molecule has 2 aromatic rings. The maximum absolute atomic E-state index is 13.1. The van der Waals surface area contributed by atoms with Gasteiger partial charge < -0.3 is 10.2 Å². The topological polar surface area (TPSA) is 49.4 Å². The smallest absolute Gasteiger partial charge is 0.251 e. The van der Waals surface area contributed by atoms with E-state index in [-0.39, 0.29) is 17.7 Å². The lowest BCUT2D eigenvalue weighted by molar-refractivity contribution is -0.135. The number of carbonyl (C=O) groups excluding carboxylic acids is 2. The molecule has 1 aliphatic rings. The molecule has 0 spiro atoms. The summed E-state index contributed by atoms with van der Waals surface area (Å²) in [5.74, 6) is 0.268. The average Bonchev–Trinajstić information content (AvgIpc) is 2.72. The second-order valence-corrected chi connectivity index (χ2v) is 8.65. The summed E-state index contributed by atoms with van der Waals surface area (Å²) in [7, 11) is 0. The summed E-state index contributed by atoms with van der Waals surface area (Å²) in [6, 6.07) is 14.9. The molecule has 0 radical (unpaired) electrons. The van der Waals surface area contributed by atoms with Gasteiger partial charge >= 0.3 is 0 Å². The number of likely N-dealkylation sites (tertiary alicyclic amines) is 1. The van der Waals surface area contributed by atoms with Crippen molar-refractivity contribution in [2.24, 2.45) is 5.92 Å². The normalized spacial score (nSPS) is 16.0. The number of carbonyl (C=O) groups is 2. The summed E-state index contributed by atoms with van der Waals surface area (Å²) in [6.07, 6.45) is 1.84. The molecule has 2 aromatic carbocycles. The first-order chi connectivity index (χ1) is 13.8. The number of hydrogen-bond donors (Lipinski definition) is 1. The van der Waals surface area contributed by atoms with Gasteiger partial charge in [0.1, 0.15) is 6.04 Å². The number of amides is 2. The van der Waals surface area contributed by atoms with Crippen LogP contribution < -0.4 is 5.32 Å². The fourth-order valence-electron chi connectivity index (χ4n) is 3.81. The molecule has 5 heteroatoms. The first-order valence-corrected chi connectivity index (χ1v) is 10.6. The van der Waals surface area contributed by atoms with Crippen LogP contribution in [-0.4, -0.2) is 35.8 Å². The minimum Gasteiger partial charge on any atom is -0.341 e. The Labute approximate surface area is 178 Å². The molecule has 0 aliphatic carbocycles.